The number of ketones is 1. The van der Waals surface area contributed by atoms with Crippen molar-refractivity contribution < 1.29 is 13.6 Å². The average molecular weight is 441 g/mol. The van der Waals surface area contributed by atoms with E-state index in [0.29, 0.717) is 18.1 Å². The summed E-state index contributed by atoms with van der Waals surface area (Å²) >= 11 is 0. The molecule has 4 rings (SSSR count). The normalized spacial score (nSPS) is 11.9. The fourth-order valence-corrected chi connectivity index (χ4v) is 3.39. The lowest BCUT2D eigenvalue weighted by Gasteiger charge is -2.07. The molecule has 2 N–H and O–H groups in total. The smallest absolute Gasteiger partial charge is 0.263 e. The van der Waals surface area contributed by atoms with E-state index in [1.807, 2.05) is 31.2 Å². The highest BCUT2D eigenvalue weighted by Crippen LogP contribution is 2.27. The summed E-state index contributed by atoms with van der Waals surface area (Å²) in [6.45, 7) is 1.98. The first-order chi connectivity index (χ1) is 14.6. The molecule has 0 bridgehead atoms. The van der Waals surface area contributed by atoms with Crippen LogP contribution in [0.2, 0.25) is 0 Å². The number of fused-ring (bicyclic) bond motifs is 1. The van der Waals surface area contributed by atoms with Gasteiger partial charge in [-0.2, -0.15) is 0 Å². The number of nitrogens with zero attached hydrogens (tertiary/aromatic N) is 3. The second-order valence-electron chi connectivity index (χ2n) is 7.39. The van der Waals surface area contributed by atoms with Gasteiger partial charge in [-0.05, 0) is 44.0 Å². The maximum atomic E-state index is 11.9. The van der Waals surface area contributed by atoms with Gasteiger partial charge in [0.2, 0.25) is 11.7 Å². The number of aryl methyl sites for hydroxylation is 1. The molecule has 31 heavy (non-hydrogen) atoms. The molecule has 0 fully saturated rings. The van der Waals surface area contributed by atoms with E-state index in [1.165, 1.54) is 12.5 Å². The summed E-state index contributed by atoms with van der Waals surface area (Å²) < 4.78 is 10.9. The van der Waals surface area contributed by atoms with Crippen molar-refractivity contribution >= 4 is 29.1 Å². The first-order valence-corrected chi connectivity index (χ1v) is 10.1. The molecule has 0 amide bonds. The van der Waals surface area contributed by atoms with Crippen LogP contribution in [0.25, 0.3) is 22.2 Å². The third kappa shape index (κ3) is 5.57. The number of hydrogen-bond donors (Lipinski definition) is 1. The SMILES string of the molecule is Cc1ccc2cc(-c3cnc(C(N)CCCCCC(=O)c4ncco4)o3)ccc2n1.Cl. The Kier molecular flexibility index (Phi) is 7.55. The summed E-state index contributed by atoms with van der Waals surface area (Å²) in [6, 6.07) is 9.78. The van der Waals surface area contributed by atoms with Crippen molar-refractivity contribution in [3.05, 3.63) is 66.5 Å². The quantitative estimate of drug-likeness (QED) is 0.272. The number of aromatic nitrogens is 3. The number of oxazole rings is 2. The number of rotatable bonds is 9. The number of benzene rings is 1. The molecule has 8 heteroatoms. The molecule has 0 aliphatic carbocycles. The van der Waals surface area contributed by atoms with E-state index >= 15 is 0 Å². The molecule has 0 spiro atoms. The standard InChI is InChI=1S/C23H24N4O3.ClH/c1-15-7-8-16-13-17(9-10-19(16)27-15)21-14-26-22(30-21)18(24)5-3-2-4-6-20(28)23-25-11-12-29-23;/h7-14,18H,2-6,24H2,1H3;1H. The van der Waals surface area contributed by atoms with Gasteiger partial charge in [-0.1, -0.05) is 18.9 Å². The molecule has 0 saturated heterocycles. The van der Waals surface area contributed by atoms with Crippen molar-refractivity contribution in [1.82, 2.24) is 15.0 Å². The molecule has 162 valence electrons. The minimum atomic E-state index is -0.272. The Balaban J connectivity index is 0.00000272. The van der Waals surface area contributed by atoms with Gasteiger partial charge >= 0.3 is 0 Å². The highest BCUT2D eigenvalue weighted by molar-refractivity contribution is 5.91. The van der Waals surface area contributed by atoms with E-state index in [4.69, 9.17) is 14.6 Å². The van der Waals surface area contributed by atoms with E-state index in [1.54, 1.807) is 6.20 Å². The molecule has 0 aliphatic heterocycles. The van der Waals surface area contributed by atoms with Crippen LogP contribution in [0, 0.1) is 6.92 Å². The number of pyridine rings is 1. The van der Waals surface area contributed by atoms with Crippen LogP contribution in [-0.2, 0) is 0 Å². The van der Waals surface area contributed by atoms with Crippen LogP contribution in [0.1, 0.15) is 60.4 Å². The lowest BCUT2D eigenvalue weighted by atomic mass is 10.1. The van der Waals surface area contributed by atoms with Crippen LogP contribution in [0.4, 0.5) is 0 Å². The molecule has 4 aromatic rings. The molecule has 7 nitrogen and oxygen atoms in total. The van der Waals surface area contributed by atoms with Crippen molar-refractivity contribution in [1.29, 1.82) is 0 Å². The van der Waals surface area contributed by atoms with Gasteiger partial charge in [0.05, 0.1) is 24.0 Å². The minimum Gasteiger partial charge on any atom is -0.442 e. The fraction of sp³-hybridized carbons (Fsp3) is 0.304. The number of carbonyl (C=O) groups excluding carboxylic acids is 1. The lowest BCUT2D eigenvalue weighted by molar-refractivity contribution is 0.0945. The first-order valence-electron chi connectivity index (χ1n) is 10.1. The first kappa shape index (κ1) is 22.7. The molecule has 3 aromatic heterocycles. The van der Waals surface area contributed by atoms with Gasteiger partial charge in [-0.25, -0.2) is 9.97 Å². The molecule has 0 aliphatic rings. The van der Waals surface area contributed by atoms with Crippen LogP contribution in [0.3, 0.4) is 0 Å². The van der Waals surface area contributed by atoms with Crippen molar-refractivity contribution in [2.75, 3.05) is 0 Å². The molecular weight excluding hydrogens is 416 g/mol. The second kappa shape index (κ2) is 10.3. The van der Waals surface area contributed by atoms with Gasteiger partial charge in [-0.3, -0.25) is 9.78 Å². The molecular formula is C23H25ClN4O3. The topological polar surface area (TPSA) is 108 Å². The summed E-state index contributed by atoms with van der Waals surface area (Å²) in [6.07, 6.45) is 8.33. The average Bonchev–Trinajstić information content (AvgIpc) is 3.45. The van der Waals surface area contributed by atoms with Gasteiger partial charge in [0, 0.05) is 23.1 Å². The van der Waals surface area contributed by atoms with Crippen LogP contribution < -0.4 is 5.73 Å². The largest absolute Gasteiger partial charge is 0.442 e. The Morgan fingerprint density at radius 2 is 2.00 bits per heavy atom. The highest BCUT2D eigenvalue weighted by Gasteiger charge is 2.15. The Bertz CT molecular complexity index is 1140. The van der Waals surface area contributed by atoms with Crippen LogP contribution in [0.5, 0.6) is 0 Å². The maximum Gasteiger partial charge on any atom is 0.263 e. The number of nitrogens with two attached hydrogens (primary N) is 1. The second-order valence-corrected chi connectivity index (χ2v) is 7.39. The molecule has 1 atom stereocenters. The minimum absolute atomic E-state index is 0. The van der Waals surface area contributed by atoms with Gasteiger partial charge in [0.15, 0.2) is 5.76 Å². The number of Topliss-reactive ketones (excluding diaryl/α,β-unsaturated/α-hetero) is 1. The third-order valence-corrected chi connectivity index (χ3v) is 5.04. The fourth-order valence-electron chi connectivity index (χ4n) is 3.39. The van der Waals surface area contributed by atoms with E-state index in [-0.39, 0.29) is 30.1 Å². The van der Waals surface area contributed by atoms with Crippen molar-refractivity contribution in [2.45, 2.75) is 45.1 Å². The highest BCUT2D eigenvalue weighted by atomic mass is 35.5. The summed E-state index contributed by atoms with van der Waals surface area (Å²) in [5, 5.41) is 1.06. The molecule has 0 radical (unpaired) electrons. The van der Waals surface area contributed by atoms with Crippen molar-refractivity contribution in [3.8, 4) is 11.3 Å². The zero-order chi connectivity index (χ0) is 20.9. The number of unbranched alkanes of at least 4 members (excludes halogenated alkanes) is 2. The van der Waals surface area contributed by atoms with Gasteiger partial charge in [0.1, 0.15) is 6.26 Å². The summed E-state index contributed by atoms with van der Waals surface area (Å²) in [7, 11) is 0. The summed E-state index contributed by atoms with van der Waals surface area (Å²) in [5.74, 6) is 1.34. The Morgan fingerprint density at radius 1 is 1.13 bits per heavy atom. The van der Waals surface area contributed by atoms with E-state index in [2.05, 4.69) is 21.0 Å². The summed E-state index contributed by atoms with van der Waals surface area (Å²) in [5.41, 5.74) is 9.15. The van der Waals surface area contributed by atoms with Crippen molar-refractivity contribution in [2.24, 2.45) is 5.73 Å². The summed E-state index contributed by atoms with van der Waals surface area (Å²) in [4.78, 5) is 24.6. The van der Waals surface area contributed by atoms with Crippen LogP contribution in [-0.4, -0.2) is 20.7 Å². The predicted molar refractivity (Wildman–Crippen MR) is 120 cm³/mol. The van der Waals surface area contributed by atoms with Gasteiger partial charge < -0.3 is 14.6 Å². The van der Waals surface area contributed by atoms with E-state index < -0.39 is 0 Å². The van der Waals surface area contributed by atoms with Gasteiger partial charge in [0.25, 0.3) is 5.89 Å². The van der Waals surface area contributed by atoms with E-state index in [0.717, 1.165) is 47.8 Å². The number of halogens is 1. The maximum absolute atomic E-state index is 11.9. The van der Waals surface area contributed by atoms with Crippen LogP contribution in [0.15, 0.2) is 57.8 Å². The third-order valence-electron chi connectivity index (χ3n) is 5.04. The Morgan fingerprint density at radius 3 is 2.81 bits per heavy atom. The van der Waals surface area contributed by atoms with E-state index in [9.17, 15) is 4.79 Å². The Hall–Kier alpha value is -3.03. The molecule has 1 unspecified atom stereocenters. The predicted octanol–water partition coefficient (Wildman–Crippen LogP) is 5.44. The number of carbonyl (C=O) groups is 1. The Labute approximate surface area is 186 Å². The zero-order valence-electron chi connectivity index (χ0n) is 17.3. The molecule has 1 aromatic carbocycles. The molecule has 0 saturated carbocycles. The van der Waals surface area contributed by atoms with Gasteiger partial charge in [-0.15, -0.1) is 12.4 Å². The lowest BCUT2D eigenvalue weighted by Crippen LogP contribution is -2.10. The molecule has 3 heterocycles. The zero-order valence-corrected chi connectivity index (χ0v) is 18.1. The van der Waals surface area contributed by atoms with Crippen molar-refractivity contribution in [3.63, 3.8) is 0 Å². The number of hydrogen-bond acceptors (Lipinski definition) is 7. The monoisotopic (exact) mass is 440 g/mol. The van der Waals surface area contributed by atoms with Crippen LogP contribution >= 0.6 is 12.4 Å².